The Morgan fingerprint density at radius 3 is 2.62 bits per heavy atom. The van der Waals surface area contributed by atoms with Crippen LogP contribution in [0.3, 0.4) is 0 Å². The topological polar surface area (TPSA) is 95.0 Å². The summed E-state index contributed by atoms with van der Waals surface area (Å²) in [5.74, 6) is 0.253. The lowest BCUT2D eigenvalue weighted by atomic mass is 10.1. The number of benzene rings is 2. The van der Waals surface area contributed by atoms with Gasteiger partial charge in [0.15, 0.2) is 5.78 Å². The quantitative estimate of drug-likeness (QED) is 0.323. The summed E-state index contributed by atoms with van der Waals surface area (Å²) >= 11 is 5.84. The highest BCUT2D eigenvalue weighted by Crippen LogP contribution is 2.24. The maximum Gasteiger partial charge on any atom is 0.355 e. The van der Waals surface area contributed by atoms with Crippen LogP contribution in [0, 0.1) is 10.1 Å². The first-order valence-corrected chi connectivity index (χ1v) is 8.13. The number of carbonyl (C=O) groups is 1. The van der Waals surface area contributed by atoms with Crippen molar-refractivity contribution in [3.05, 3.63) is 75.4 Å². The molecule has 0 amide bonds. The molecule has 0 radical (unpaired) electrons. The zero-order chi connectivity index (χ0) is 18.8. The number of hydrogen-bond donors (Lipinski definition) is 1. The molecule has 0 aliphatic rings. The summed E-state index contributed by atoms with van der Waals surface area (Å²) < 4.78 is 3.30. The molecule has 0 aliphatic heterocycles. The Bertz CT molecular complexity index is 996. The van der Waals surface area contributed by atoms with Gasteiger partial charge in [-0.3, -0.25) is 20.6 Å². The van der Waals surface area contributed by atoms with Crippen LogP contribution in [0.1, 0.15) is 10.4 Å². The maximum absolute atomic E-state index is 12.5. The third kappa shape index (κ3) is 3.43. The first-order chi connectivity index (χ1) is 12.4. The van der Waals surface area contributed by atoms with E-state index in [4.69, 9.17) is 17.3 Å². The number of nitro benzene ring substituents is 1. The number of Topliss-reactive ketones (excluding diaryl/α,β-unsaturated/α-hetero) is 1. The number of carbonyl (C=O) groups excluding carboxylic acids is 1. The van der Waals surface area contributed by atoms with Crippen LogP contribution in [0.2, 0.25) is 5.02 Å². The zero-order valence-corrected chi connectivity index (χ0v) is 14.7. The summed E-state index contributed by atoms with van der Waals surface area (Å²) in [6.07, 6.45) is 1.71. The fourth-order valence-corrected chi connectivity index (χ4v) is 2.80. The Morgan fingerprint density at radius 2 is 1.96 bits per heavy atom. The van der Waals surface area contributed by atoms with Crippen molar-refractivity contribution in [1.82, 2.24) is 4.57 Å². The molecule has 1 heterocycles. The van der Waals surface area contributed by atoms with Crippen LogP contribution in [-0.4, -0.2) is 15.3 Å². The number of halogens is 1. The number of hydrogen-bond acceptors (Lipinski definition) is 4. The molecule has 8 heteroatoms. The number of aromatic nitrogens is 2. The number of imidazole rings is 1. The van der Waals surface area contributed by atoms with E-state index in [0.29, 0.717) is 27.8 Å². The predicted molar refractivity (Wildman–Crippen MR) is 97.9 cm³/mol. The molecule has 0 spiro atoms. The number of nitrogens with two attached hydrogens (primary N) is 1. The van der Waals surface area contributed by atoms with E-state index in [0.717, 1.165) is 0 Å². The molecular formula is C18H16ClN4O3+. The average Bonchev–Trinajstić information content (AvgIpc) is 2.91. The summed E-state index contributed by atoms with van der Waals surface area (Å²) in [6, 6.07) is 12.9. The van der Waals surface area contributed by atoms with Gasteiger partial charge in [0.25, 0.3) is 5.69 Å². The molecule has 0 bridgehead atoms. The lowest BCUT2D eigenvalue weighted by molar-refractivity contribution is -0.667. The smallest absolute Gasteiger partial charge is 0.291 e. The van der Waals surface area contributed by atoms with E-state index >= 15 is 0 Å². The molecular weight excluding hydrogens is 356 g/mol. The third-order valence-corrected chi connectivity index (χ3v) is 4.36. The van der Waals surface area contributed by atoms with Crippen molar-refractivity contribution >= 4 is 29.0 Å². The summed E-state index contributed by atoms with van der Waals surface area (Å²) in [6.45, 7) is 0.0518. The second-order valence-corrected chi connectivity index (χ2v) is 6.23. The van der Waals surface area contributed by atoms with E-state index in [1.807, 2.05) is 0 Å². The normalized spacial score (nSPS) is 10.7. The summed E-state index contributed by atoms with van der Waals surface area (Å²) in [4.78, 5) is 23.0. The van der Waals surface area contributed by atoms with Crippen molar-refractivity contribution in [3.8, 4) is 11.3 Å². The van der Waals surface area contributed by atoms with E-state index in [-0.39, 0.29) is 18.0 Å². The maximum atomic E-state index is 12.5. The van der Waals surface area contributed by atoms with E-state index in [1.165, 1.54) is 12.1 Å². The lowest BCUT2D eigenvalue weighted by Gasteiger charge is -2.00. The number of nitro groups is 1. The van der Waals surface area contributed by atoms with Crippen molar-refractivity contribution in [2.45, 2.75) is 6.54 Å². The van der Waals surface area contributed by atoms with Crippen molar-refractivity contribution in [1.29, 1.82) is 0 Å². The Hall–Kier alpha value is -3.19. The van der Waals surface area contributed by atoms with Crippen LogP contribution >= 0.6 is 11.6 Å². The number of nitrogens with zero attached hydrogens (tertiary/aromatic N) is 3. The molecule has 0 saturated carbocycles. The van der Waals surface area contributed by atoms with Gasteiger partial charge in [0.2, 0.25) is 0 Å². The number of ketones is 1. The van der Waals surface area contributed by atoms with Crippen molar-refractivity contribution in [2.75, 3.05) is 5.73 Å². The fourth-order valence-electron chi connectivity index (χ4n) is 2.67. The van der Waals surface area contributed by atoms with E-state index in [9.17, 15) is 14.9 Å². The molecule has 0 fully saturated rings. The third-order valence-electron chi connectivity index (χ3n) is 4.11. The zero-order valence-electron chi connectivity index (χ0n) is 13.9. The lowest BCUT2D eigenvalue weighted by Crippen LogP contribution is -2.39. The molecule has 3 aromatic rings. The van der Waals surface area contributed by atoms with Crippen molar-refractivity contribution in [2.24, 2.45) is 7.05 Å². The van der Waals surface area contributed by atoms with Gasteiger partial charge in [-0.05, 0) is 24.3 Å². The number of anilines is 1. The monoisotopic (exact) mass is 371 g/mol. The van der Waals surface area contributed by atoms with Gasteiger partial charge in [-0.15, -0.1) is 0 Å². The summed E-state index contributed by atoms with van der Waals surface area (Å²) in [5, 5.41) is 11.5. The van der Waals surface area contributed by atoms with Crippen LogP contribution in [-0.2, 0) is 13.6 Å². The Kier molecular flexibility index (Phi) is 4.73. The molecule has 26 heavy (non-hydrogen) atoms. The molecule has 1 aromatic heterocycles. The van der Waals surface area contributed by atoms with Gasteiger partial charge in [-0.2, -0.15) is 0 Å². The SMILES string of the molecule is Cn1c(-c2cccc([N+](=O)[O-])c2)c[n+](CC(=O)c2ccc(Cl)cc2)c1N. The van der Waals surface area contributed by atoms with Crippen LogP contribution in [0.15, 0.2) is 54.7 Å². The van der Waals surface area contributed by atoms with Gasteiger partial charge in [0.05, 0.1) is 12.0 Å². The largest absolute Gasteiger partial charge is 0.355 e. The van der Waals surface area contributed by atoms with Crippen LogP contribution in [0.5, 0.6) is 0 Å². The average molecular weight is 372 g/mol. The minimum atomic E-state index is -0.450. The fraction of sp³-hybridized carbons (Fsp3) is 0.111. The highest BCUT2D eigenvalue weighted by atomic mass is 35.5. The highest BCUT2D eigenvalue weighted by Gasteiger charge is 2.21. The van der Waals surface area contributed by atoms with Gasteiger partial charge in [-0.25, -0.2) is 9.13 Å². The minimum Gasteiger partial charge on any atom is -0.291 e. The van der Waals surface area contributed by atoms with E-state index < -0.39 is 4.92 Å². The van der Waals surface area contributed by atoms with E-state index in [1.54, 1.807) is 58.8 Å². The molecule has 3 rings (SSSR count). The molecule has 0 atom stereocenters. The predicted octanol–water partition coefficient (Wildman–Crippen LogP) is 3.01. The number of non-ortho nitro benzene ring substituents is 1. The summed E-state index contributed by atoms with van der Waals surface area (Å²) in [7, 11) is 1.74. The molecule has 2 N–H and O–H groups in total. The number of nitrogen functional groups attached to an aromatic ring is 1. The molecule has 2 aromatic carbocycles. The second kappa shape index (κ2) is 6.97. The van der Waals surface area contributed by atoms with Crippen LogP contribution in [0.4, 0.5) is 11.6 Å². The second-order valence-electron chi connectivity index (χ2n) is 5.80. The van der Waals surface area contributed by atoms with Gasteiger partial charge >= 0.3 is 5.95 Å². The Labute approximate surface area is 154 Å². The molecule has 0 unspecified atom stereocenters. The van der Waals surface area contributed by atoms with Gasteiger partial charge in [-0.1, -0.05) is 23.7 Å². The van der Waals surface area contributed by atoms with Gasteiger partial charge < -0.3 is 0 Å². The molecule has 0 saturated heterocycles. The van der Waals surface area contributed by atoms with Crippen LogP contribution < -0.4 is 10.3 Å². The van der Waals surface area contributed by atoms with Gasteiger partial charge in [0.1, 0.15) is 18.4 Å². The number of rotatable bonds is 5. The van der Waals surface area contributed by atoms with E-state index in [2.05, 4.69) is 0 Å². The first-order valence-electron chi connectivity index (χ1n) is 7.75. The van der Waals surface area contributed by atoms with Gasteiger partial charge in [0, 0.05) is 28.3 Å². The minimum absolute atomic E-state index is 0.00828. The molecule has 0 aliphatic carbocycles. The molecule has 7 nitrogen and oxygen atoms in total. The Balaban J connectivity index is 1.92. The van der Waals surface area contributed by atoms with Crippen molar-refractivity contribution < 1.29 is 14.3 Å². The molecule has 132 valence electrons. The summed E-state index contributed by atoms with van der Waals surface area (Å²) in [5.41, 5.74) is 7.95. The standard InChI is InChI=1S/C18H15ClN4O3/c1-21-16(13-3-2-4-15(9-13)23(25)26)10-22(18(21)20)11-17(24)12-5-7-14(19)8-6-12/h2-10,20H,11H2,1H3/p+1. The Morgan fingerprint density at radius 1 is 1.27 bits per heavy atom. The highest BCUT2D eigenvalue weighted by molar-refractivity contribution is 6.30. The van der Waals surface area contributed by atoms with Crippen molar-refractivity contribution in [3.63, 3.8) is 0 Å². The van der Waals surface area contributed by atoms with Crippen LogP contribution in [0.25, 0.3) is 11.3 Å². The first kappa shape index (κ1) is 17.6.